The molecule has 1 aromatic heterocycles. The van der Waals surface area contributed by atoms with E-state index >= 15 is 0 Å². The number of rotatable bonds is 2. The Morgan fingerprint density at radius 3 is 2.62 bits per heavy atom. The molecule has 0 radical (unpaired) electrons. The van der Waals surface area contributed by atoms with Crippen molar-refractivity contribution in [3.63, 3.8) is 0 Å². The highest BCUT2D eigenvalue weighted by Gasteiger charge is 2.16. The number of nitrogens with two attached hydrogens (primary N) is 2. The zero-order valence-electron chi connectivity index (χ0n) is 11.0. The van der Waals surface area contributed by atoms with Crippen LogP contribution in [0, 0.1) is 11.3 Å². The van der Waals surface area contributed by atoms with Gasteiger partial charge in [0.1, 0.15) is 5.58 Å². The summed E-state index contributed by atoms with van der Waals surface area (Å²) in [5.41, 5.74) is 14.2. The highest BCUT2D eigenvalue weighted by molar-refractivity contribution is 6.05. The van der Waals surface area contributed by atoms with Crippen molar-refractivity contribution in [3.05, 3.63) is 53.8 Å². The van der Waals surface area contributed by atoms with Gasteiger partial charge in [0, 0.05) is 5.39 Å². The number of amides is 1. The Morgan fingerprint density at radius 1 is 1.14 bits per heavy atom. The van der Waals surface area contributed by atoms with E-state index < -0.39 is 5.91 Å². The van der Waals surface area contributed by atoms with Crippen LogP contribution in [0.25, 0.3) is 22.1 Å². The molecule has 0 aliphatic heterocycles. The fraction of sp³-hybridized carbons (Fsp3) is 0. The summed E-state index contributed by atoms with van der Waals surface area (Å²) in [6.07, 6.45) is 0. The summed E-state index contributed by atoms with van der Waals surface area (Å²) in [6, 6.07) is 14.7. The van der Waals surface area contributed by atoms with Crippen LogP contribution in [0.2, 0.25) is 0 Å². The fourth-order valence-electron chi connectivity index (χ4n) is 2.25. The van der Waals surface area contributed by atoms with Crippen molar-refractivity contribution in [2.45, 2.75) is 0 Å². The summed E-state index contributed by atoms with van der Waals surface area (Å²) >= 11 is 0. The van der Waals surface area contributed by atoms with Crippen LogP contribution in [0.5, 0.6) is 0 Å². The summed E-state index contributed by atoms with van der Waals surface area (Å²) < 4.78 is 5.34. The van der Waals surface area contributed by atoms with Crippen molar-refractivity contribution in [3.8, 4) is 17.2 Å². The van der Waals surface area contributed by atoms with Crippen molar-refractivity contribution in [2.24, 2.45) is 5.73 Å². The molecule has 0 aliphatic rings. The third-order valence-corrected chi connectivity index (χ3v) is 3.28. The highest BCUT2D eigenvalue weighted by atomic mass is 16.3. The molecule has 102 valence electrons. The number of nitriles is 1. The molecule has 0 atom stereocenters. The van der Waals surface area contributed by atoms with Gasteiger partial charge in [0.15, 0.2) is 0 Å². The molecule has 4 N–H and O–H groups in total. The van der Waals surface area contributed by atoms with Crippen molar-refractivity contribution in [2.75, 3.05) is 5.73 Å². The summed E-state index contributed by atoms with van der Waals surface area (Å²) in [4.78, 5) is 11.2. The van der Waals surface area contributed by atoms with Crippen LogP contribution in [0.1, 0.15) is 16.1 Å². The molecular formula is C16H11N3O2. The molecule has 21 heavy (non-hydrogen) atoms. The van der Waals surface area contributed by atoms with Gasteiger partial charge < -0.3 is 15.9 Å². The maximum absolute atomic E-state index is 11.2. The number of nitrogen functional groups attached to an aromatic ring is 1. The van der Waals surface area contributed by atoms with Crippen LogP contribution in [0.4, 0.5) is 5.69 Å². The Labute approximate surface area is 120 Å². The topological polar surface area (TPSA) is 106 Å². The summed E-state index contributed by atoms with van der Waals surface area (Å²) in [5.74, 6) is -0.732. The average Bonchev–Trinajstić information content (AvgIpc) is 2.84. The number of carbonyl (C=O) groups is 1. The van der Waals surface area contributed by atoms with Crippen LogP contribution >= 0.6 is 0 Å². The first-order valence-corrected chi connectivity index (χ1v) is 6.22. The van der Waals surface area contributed by atoms with Crippen LogP contribution in [-0.2, 0) is 0 Å². The van der Waals surface area contributed by atoms with Gasteiger partial charge in [-0.25, -0.2) is 0 Å². The molecule has 3 rings (SSSR count). The van der Waals surface area contributed by atoms with Gasteiger partial charge in [-0.3, -0.25) is 4.79 Å². The lowest BCUT2D eigenvalue weighted by atomic mass is 10.0. The van der Waals surface area contributed by atoms with Crippen LogP contribution in [0.15, 0.2) is 46.9 Å². The summed E-state index contributed by atoms with van der Waals surface area (Å²) in [6.45, 7) is 0. The molecule has 1 heterocycles. The van der Waals surface area contributed by atoms with E-state index in [0.717, 1.165) is 11.1 Å². The molecular weight excluding hydrogens is 266 g/mol. The predicted molar refractivity (Wildman–Crippen MR) is 79.3 cm³/mol. The molecule has 0 fully saturated rings. The molecule has 0 unspecified atom stereocenters. The maximum atomic E-state index is 11.2. The molecule has 0 bridgehead atoms. The minimum absolute atomic E-state index is 0.0343. The van der Waals surface area contributed by atoms with Crippen molar-refractivity contribution >= 4 is 22.6 Å². The smallest absolute Gasteiger partial charge is 0.286 e. The second-order valence-corrected chi connectivity index (χ2v) is 4.61. The van der Waals surface area contributed by atoms with Crippen molar-refractivity contribution in [1.29, 1.82) is 5.26 Å². The highest BCUT2D eigenvalue weighted by Crippen LogP contribution is 2.32. The van der Waals surface area contributed by atoms with E-state index in [1.165, 1.54) is 0 Å². The van der Waals surface area contributed by atoms with Gasteiger partial charge in [-0.15, -0.1) is 0 Å². The maximum Gasteiger partial charge on any atom is 0.286 e. The Hall–Kier alpha value is -3.26. The van der Waals surface area contributed by atoms with E-state index in [2.05, 4.69) is 6.07 Å². The zero-order valence-corrected chi connectivity index (χ0v) is 11.0. The first-order chi connectivity index (χ1) is 10.1. The number of carbonyl (C=O) groups excluding carboxylic acids is 1. The number of primary amides is 1. The van der Waals surface area contributed by atoms with E-state index in [1.54, 1.807) is 18.2 Å². The number of nitrogens with zero attached hydrogens (tertiary/aromatic N) is 1. The minimum atomic E-state index is -0.697. The Kier molecular flexibility index (Phi) is 2.85. The number of fused-ring (bicyclic) bond motifs is 1. The van der Waals surface area contributed by atoms with Crippen LogP contribution in [0.3, 0.4) is 0 Å². The molecule has 2 aromatic carbocycles. The molecule has 0 saturated heterocycles. The minimum Gasteiger partial charge on any atom is -0.449 e. The van der Waals surface area contributed by atoms with Gasteiger partial charge in [-0.1, -0.05) is 18.2 Å². The largest absolute Gasteiger partial charge is 0.449 e. The van der Waals surface area contributed by atoms with Gasteiger partial charge in [0.05, 0.1) is 17.3 Å². The Balaban J connectivity index is 2.19. The van der Waals surface area contributed by atoms with Gasteiger partial charge >= 0.3 is 0 Å². The van der Waals surface area contributed by atoms with Gasteiger partial charge in [0.2, 0.25) is 5.76 Å². The summed E-state index contributed by atoms with van der Waals surface area (Å²) in [7, 11) is 0. The van der Waals surface area contributed by atoms with E-state index in [9.17, 15) is 4.79 Å². The first kappa shape index (κ1) is 12.8. The lowest BCUT2D eigenvalue weighted by Gasteiger charge is -2.02. The quantitative estimate of drug-likeness (QED) is 0.750. The third-order valence-electron chi connectivity index (χ3n) is 3.28. The second kappa shape index (κ2) is 4.69. The summed E-state index contributed by atoms with van der Waals surface area (Å²) in [5, 5.41) is 9.58. The third kappa shape index (κ3) is 2.09. The standard InChI is InChI=1S/C16H11N3O2/c17-8-9-2-1-3-10(6-9)11-4-5-13-12(7-11)14(18)15(21-13)16(19)20/h1-7H,18H2,(H2,19,20). The lowest BCUT2D eigenvalue weighted by molar-refractivity contribution is 0.0977. The molecule has 5 heteroatoms. The SMILES string of the molecule is N#Cc1cccc(-c2ccc3oc(C(N)=O)c(N)c3c2)c1. The molecule has 5 nitrogen and oxygen atoms in total. The first-order valence-electron chi connectivity index (χ1n) is 6.22. The monoisotopic (exact) mass is 277 g/mol. The predicted octanol–water partition coefficient (Wildman–Crippen LogP) is 2.65. The van der Waals surface area contributed by atoms with Crippen molar-refractivity contribution < 1.29 is 9.21 Å². The van der Waals surface area contributed by atoms with Gasteiger partial charge in [-0.05, 0) is 35.4 Å². The fourth-order valence-corrected chi connectivity index (χ4v) is 2.25. The number of hydrogen-bond acceptors (Lipinski definition) is 4. The van der Waals surface area contributed by atoms with E-state index in [-0.39, 0.29) is 11.4 Å². The molecule has 0 spiro atoms. The van der Waals surface area contributed by atoms with E-state index in [1.807, 2.05) is 24.3 Å². The van der Waals surface area contributed by atoms with Gasteiger partial charge in [0.25, 0.3) is 5.91 Å². The Morgan fingerprint density at radius 2 is 1.90 bits per heavy atom. The Bertz CT molecular complexity index is 904. The van der Waals surface area contributed by atoms with E-state index in [0.29, 0.717) is 16.5 Å². The van der Waals surface area contributed by atoms with E-state index in [4.69, 9.17) is 21.1 Å². The number of anilines is 1. The zero-order chi connectivity index (χ0) is 15.0. The number of furan rings is 1. The molecule has 1 amide bonds. The average molecular weight is 277 g/mol. The molecule has 0 saturated carbocycles. The number of benzene rings is 2. The molecule has 0 aliphatic carbocycles. The second-order valence-electron chi connectivity index (χ2n) is 4.61. The van der Waals surface area contributed by atoms with Gasteiger partial charge in [-0.2, -0.15) is 5.26 Å². The number of hydrogen-bond donors (Lipinski definition) is 2. The van der Waals surface area contributed by atoms with Crippen LogP contribution < -0.4 is 11.5 Å². The molecule has 3 aromatic rings. The van der Waals surface area contributed by atoms with Crippen molar-refractivity contribution in [1.82, 2.24) is 0 Å². The lowest BCUT2D eigenvalue weighted by Crippen LogP contribution is -2.11. The normalized spacial score (nSPS) is 10.4. The van der Waals surface area contributed by atoms with Crippen LogP contribution in [-0.4, -0.2) is 5.91 Å².